The van der Waals surface area contributed by atoms with Crippen LogP contribution in [0.15, 0.2) is 67.0 Å². The molecule has 1 aromatic carbocycles. The van der Waals surface area contributed by atoms with Gasteiger partial charge in [-0.05, 0) is 42.3 Å². The smallest absolute Gasteiger partial charge is 0.269 e. The number of pyridine rings is 2. The summed E-state index contributed by atoms with van der Waals surface area (Å²) in [5.41, 5.74) is 3.22. The minimum absolute atomic E-state index is 0.193. The van der Waals surface area contributed by atoms with Gasteiger partial charge in [-0.25, -0.2) is 4.98 Å². The van der Waals surface area contributed by atoms with E-state index in [4.69, 9.17) is 4.74 Å². The van der Waals surface area contributed by atoms with Gasteiger partial charge in [0.1, 0.15) is 11.4 Å². The second kappa shape index (κ2) is 9.33. The Balaban J connectivity index is 1.48. The third-order valence-electron chi connectivity index (χ3n) is 4.07. The van der Waals surface area contributed by atoms with Gasteiger partial charge in [0.25, 0.3) is 5.91 Å². The molecule has 0 spiro atoms. The van der Waals surface area contributed by atoms with Gasteiger partial charge in [-0.3, -0.25) is 9.78 Å². The van der Waals surface area contributed by atoms with Crippen LogP contribution in [0.4, 0.5) is 5.69 Å². The van der Waals surface area contributed by atoms with E-state index in [0.29, 0.717) is 25.2 Å². The Morgan fingerprint density at radius 2 is 1.89 bits per heavy atom. The first kappa shape index (κ1) is 18.4. The maximum absolute atomic E-state index is 12.2. The maximum Gasteiger partial charge on any atom is 0.269 e. The van der Waals surface area contributed by atoms with Crippen LogP contribution >= 0.6 is 0 Å². The van der Waals surface area contributed by atoms with Gasteiger partial charge in [0.15, 0.2) is 0 Å². The Morgan fingerprint density at radius 3 is 2.63 bits per heavy atom. The van der Waals surface area contributed by atoms with E-state index in [1.165, 1.54) is 0 Å². The fourth-order valence-electron chi connectivity index (χ4n) is 2.64. The number of hydrogen-bond acceptors (Lipinski definition) is 5. The topological polar surface area (TPSA) is 76.1 Å². The van der Waals surface area contributed by atoms with Crippen LogP contribution < -0.4 is 15.4 Å². The van der Waals surface area contributed by atoms with Crippen molar-refractivity contribution in [1.29, 1.82) is 0 Å². The zero-order valence-corrected chi connectivity index (χ0v) is 15.2. The minimum atomic E-state index is -0.193. The summed E-state index contributed by atoms with van der Waals surface area (Å²) in [6.45, 7) is 1.12. The number of amides is 1. The van der Waals surface area contributed by atoms with Crippen LogP contribution in [-0.2, 0) is 13.0 Å². The van der Waals surface area contributed by atoms with Crippen molar-refractivity contribution in [2.45, 2.75) is 13.0 Å². The molecule has 0 saturated heterocycles. The average Bonchev–Trinajstić information content (AvgIpc) is 2.73. The van der Waals surface area contributed by atoms with Crippen LogP contribution in [0.25, 0.3) is 0 Å². The van der Waals surface area contributed by atoms with Gasteiger partial charge >= 0.3 is 0 Å². The third kappa shape index (κ3) is 5.28. The van der Waals surface area contributed by atoms with Crippen LogP contribution in [0, 0.1) is 0 Å². The third-order valence-corrected chi connectivity index (χ3v) is 4.07. The fourth-order valence-corrected chi connectivity index (χ4v) is 2.64. The number of hydrogen-bond donors (Lipinski definition) is 2. The Morgan fingerprint density at radius 1 is 1.04 bits per heavy atom. The van der Waals surface area contributed by atoms with Crippen molar-refractivity contribution in [2.75, 3.05) is 19.0 Å². The highest BCUT2D eigenvalue weighted by Gasteiger charge is 2.08. The first-order chi connectivity index (χ1) is 13.3. The molecule has 2 aromatic heterocycles. The van der Waals surface area contributed by atoms with Gasteiger partial charge in [-0.1, -0.05) is 24.3 Å². The van der Waals surface area contributed by atoms with Crippen molar-refractivity contribution < 1.29 is 9.53 Å². The summed E-state index contributed by atoms with van der Waals surface area (Å²) in [6, 6.07) is 17.1. The number of nitrogens with one attached hydrogen (secondary N) is 2. The summed E-state index contributed by atoms with van der Waals surface area (Å²) < 4.78 is 5.32. The number of carbonyl (C=O) groups excluding carboxylic acids is 1. The summed E-state index contributed by atoms with van der Waals surface area (Å²) in [4.78, 5) is 20.7. The summed E-state index contributed by atoms with van der Waals surface area (Å²) in [5.74, 6) is 0.634. The monoisotopic (exact) mass is 362 g/mol. The number of benzene rings is 1. The molecule has 0 bridgehead atoms. The summed E-state index contributed by atoms with van der Waals surface area (Å²) >= 11 is 0. The Bertz CT molecular complexity index is 867. The fraction of sp³-hybridized carbons (Fsp3) is 0.190. The molecule has 0 aliphatic heterocycles. The van der Waals surface area contributed by atoms with Gasteiger partial charge in [0.05, 0.1) is 31.2 Å². The van der Waals surface area contributed by atoms with E-state index in [1.54, 1.807) is 25.6 Å². The number of methoxy groups -OCH3 is 1. The Labute approximate surface area is 158 Å². The van der Waals surface area contributed by atoms with Gasteiger partial charge < -0.3 is 15.4 Å². The predicted octanol–water partition coefficient (Wildman–Crippen LogP) is 3.07. The number of para-hydroxylation sites is 1. The molecule has 138 valence electrons. The maximum atomic E-state index is 12.2. The zero-order valence-electron chi connectivity index (χ0n) is 15.2. The van der Waals surface area contributed by atoms with E-state index in [0.717, 1.165) is 22.7 Å². The summed E-state index contributed by atoms with van der Waals surface area (Å²) in [7, 11) is 1.64. The van der Waals surface area contributed by atoms with Gasteiger partial charge in [-0.2, -0.15) is 0 Å². The van der Waals surface area contributed by atoms with E-state index in [-0.39, 0.29) is 5.91 Å². The van der Waals surface area contributed by atoms with Crippen LogP contribution in [0.5, 0.6) is 5.75 Å². The molecule has 3 rings (SSSR count). The molecule has 2 N–H and O–H groups in total. The highest BCUT2D eigenvalue weighted by atomic mass is 16.5. The van der Waals surface area contributed by atoms with E-state index in [1.807, 2.05) is 48.5 Å². The highest BCUT2D eigenvalue weighted by molar-refractivity contribution is 5.92. The number of ether oxygens (including phenoxy) is 1. The molecule has 0 aliphatic rings. The van der Waals surface area contributed by atoms with E-state index in [9.17, 15) is 4.79 Å². The molecule has 3 aromatic rings. The molecule has 0 unspecified atom stereocenters. The predicted molar refractivity (Wildman–Crippen MR) is 105 cm³/mol. The van der Waals surface area contributed by atoms with Crippen molar-refractivity contribution in [3.63, 3.8) is 0 Å². The average molecular weight is 362 g/mol. The lowest BCUT2D eigenvalue weighted by atomic mass is 10.1. The molecule has 0 aliphatic carbocycles. The van der Waals surface area contributed by atoms with E-state index < -0.39 is 0 Å². The van der Waals surface area contributed by atoms with Crippen molar-refractivity contribution in [2.24, 2.45) is 0 Å². The van der Waals surface area contributed by atoms with Crippen molar-refractivity contribution in [1.82, 2.24) is 15.3 Å². The number of aromatic nitrogens is 2. The first-order valence-corrected chi connectivity index (χ1v) is 8.76. The Hall–Kier alpha value is -3.41. The standard InChI is InChI=1S/C21H22N4O2/c1-27-20-8-3-2-6-16(20)11-13-23-21(26)19-10-9-18(15-25-19)24-14-17-7-4-5-12-22-17/h2-10,12,15,24H,11,13-14H2,1H3,(H,23,26). The number of rotatable bonds is 8. The van der Waals surface area contributed by atoms with Crippen molar-refractivity contribution in [3.05, 3.63) is 83.9 Å². The largest absolute Gasteiger partial charge is 0.496 e. The molecule has 6 heteroatoms. The van der Waals surface area contributed by atoms with Gasteiger partial charge in [0.2, 0.25) is 0 Å². The lowest BCUT2D eigenvalue weighted by molar-refractivity contribution is 0.0949. The molecule has 0 radical (unpaired) electrons. The summed E-state index contributed by atoms with van der Waals surface area (Å²) in [6.07, 6.45) is 4.10. The second-order valence-electron chi connectivity index (χ2n) is 5.92. The molecule has 0 fully saturated rings. The molecule has 1 amide bonds. The quantitative estimate of drug-likeness (QED) is 0.644. The normalized spacial score (nSPS) is 10.3. The SMILES string of the molecule is COc1ccccc1CCNC(=O)c1ccc(NCc2ccccn2)cn1. The molecule has 0 atom stereocenters. The van der Waals surface area contributed by atoms with Crippen LogP contribution in [0.1, 0.15) is 21.7 Å². The number of nitrogens with zero attached hydrogens (tertiary/aromatic N) is 2. The Kier molecular flexibility index (Phi) is 6.35. The zero-order chi connectivity index (χ0) is 18.9. The lowest BCUT2D eigenvalue weighted by Crippen LogP contribution is -2.26. The molecular weight excluding hydrogens is 340 g/mol. The second-order valence-corrected chi connectivity index (χ2v) is 5.92. The number of carbonyl (C=O) groups is 1. The van der Waals surface area contributed by atoms with Gasteiger partial charge in [-0.15, -0.1) is 0 Å². The van der Waals surface area contributed by atoms with Crippen molar-refractivity contribution in [3.8, 4) is 5.75 Å². The van der Waals surface area contributed by atoms with Gasteiger partial charge in [0, 0.05) is 12.7 Å². The van der Waals surface area contributed by atoms with Crippen molar-refractivity contribution >= 4 is 11.6 Å². The molecule has 6 nitrogen and oxygen atoms in total. The van der Waals surface area contributed by atoms with Crippen LogP contribution in [0.2, 0.25) is 0 Å². The lowest BCUT2D eigenvalue weighted by Gasteiger charge is -2.09. The van der Waals surface area contributed by atoms with E-state index in [2.05, 4.69) is 20.6 Å². The molecule has 0 saturated carbocycles. The molecule has 2 heterocycles. The molecule has 27 heavy (non-hydrogen) atoms. The minimum Gasteiger partial charge on any atom is -0.496 e. The number of anilines is 1. The summed E-state index contributed by atoms with van der Waals surface area (Å²) in [5, 5.41) is 6.12. The first-order valence-electron chi connectivity index (χ1n) is 8.76. The van der Waals surface area contributed by atoms with Crippen LogP contribution in [0.3, 0.4) is 0 Å². The van der Waals surface area contributed by atoms with Crippen LogP contribution in [-0.4, -0.2) is 29.5 Å². The molecular formula is C21H22N4O2. The highest BCUT2D eigenvalue weighted by Crippen LogP contribution is 2.17. The van der Waals surface area contributed by atoms with E-state index >= 15 is 0 Å².